The highest BCUT2D eigenvalue weighted by atomic mass is 35.5. The summed E-state index contributed by atoms with van der Waals surface area (Å²) in [6.07, 6.45) is 23.8. The Labute approximate surface area is 231 Å². The Morgan fingerprint density at radius 1 is 0.838 bits per heavy atom. The lowest BCUT2D eigenvalue weighted by Crippen LogP contribution is -2.49. The number of pyridine rings is 1. The first-order valence-corrected chi connectivity index (χ1v) is 15.2. The molecule has 1 N–H and O–H groups in total. The van der Waals surface area contributed by atoms with Gasteiger partial charge < -0.3 is 4.74 Å². The lowest BCUT2D eigenvalue weighted by Gasteiger charge is -2.13. The van der Waals surface area contributed by atoms with Crippen molar-refractivity contribution in [2.45, 2.75) is 123 Å². The van der Waals surface area contributed by atoms with Crippen LogP contribution in [-0.2, 0) is 11.2 Å². The van der Waals surface area contributed by atoms with Gasteiger partial charge in [0.05, 0.1) is 13.0 Å². The molecule has 206 valence electrons. The zero-order valence-electron chi connectivity index (χ0n) is 23.4. The zero-order chi connectivity index (χ0) is 26.6. The molecule has 0 fully saturated rings. The summed E-state index contributed by atoms with van der Waals surface area (Å²) < 4.78 is 7.91. The Balaban J connectivity index is 1.53. The fourth-order valence-corrected chi connectivity index (χ4v) is 4.90. The van der Waals surface area contributed by atoms with Gasteiger partial charge in [-0.25, -0.2) is 0 Å². The molecule has 0 aliphatic rings. The van der Waals surface area contributed by atoms with Crippen LogP contribution in [0.4, 0.5) is 0 Å². The van der Waals surface area contributed by atoms with Crippen molar-refractivity contribution in [2.75, 3.05) is 6.61 Å². The van der Waals surface area contributed by atoms with E-state index in [-0.39, 0.29) is 18.5 Å². The van der Waals surface area contributed by atoms with Crippen molar-refractivity contribution in [3.05, 3.63) is 59.4 Å². The van der Waals surface area contributed by atoms with Crippen LogP contribution in [0, 0.1) is 0 Å². The predicted molar refractivity (Wildman–Crippen MR) is 155 cm³/mol. The van der Waals surface area contributed by atoms with Gasteiger partial charge in [0.1, 0.15) is 5.75 Å². The molecule has 0 radical (unpaired) electrons. The maximum Gasteiger partial charge on any atom is 0.233 e. The van der Waals surface area contributed by atoms with Crippen LogP contribution in [0.25, 0.3) is 0 Å². The molecule has 0 saturated heterocycles. The summed E-state index contributed by atoms with van der Waals surface area (Å²) in [7, 11) is 0. The number of hydrogen-bond acceptors (Lipinski definition) is 2. The van der Waals surface area contributed by atoms with Gasteiger partial charge in [-0.15, -0.1) is 0 Å². The molecule has 0 saturated carbocycles. The molecule has 4 nitrogen and oxygen atoms in total. The first kappa shape index (κ1) is 31.1. The molecular formula is C32H50ClN2O2+. The number of benzene rings is 1. The number of rotatable bonds is 21. The van der Waals surface area contributed by atoms with Crippen LogP contribution in [0.3, 0.4) is 0 Å². The van der Waals surface area contributed by atoms with E-state index >= 15 is 0 Å². The maximum absolute atomic E-state index is 12.6. The van der Waals surface area contributed by atoms with Crippen molar-refractivity contribution in [3.8, 4) is 5.75 Å². The first-order valence-electron chi connectivity index (χ1n) is 14.8. The Hall–Kier alpha value is -2.07. The minimum atomic E-state index is -0.0693. The van der Waals surface area contributed by atoms with Crippen molar-refractivity contribution in [1.82, 2.24) is 5.32 Å². The minimum Gasteiger partial charge on any atom is -0.494 e. The van der Waals surface area contributed by atoms with Crippen molar-refractivity contribution < 1.29 is 14.1 Å². The van der Waals surface area contributed by atoms with E-state index in [4.69, 9.17) is 16.3 Å². The molecule has 2 aromatic rings. The number of ether oxygens (including phenoxy) is 1. The first-order chi connectivity index (χ1) is 18.1. The molecule has 0 spiro atoms. The summed E-state index contributed by atoms with van der Waals surface area (Å²) in [5.41, 5.74) is 0.816. The van der Waals surface area contributed by atoms with E-state index in [1.165, 1.54) is 83.5 Å². The number of nitrogens with one attached hydrogen (secondary N) is 1. The van der Waals surface area contributed by atoms with Crippen molar-refractivity contribution in [3.63, 3.8) is 0 Å². The van der Waals surface area contributed by atoms with E-state index in [2.05, 4.69) is 19.2 Å². The van der Waals surface area contributed by atoms with Crippen LogP contribution < -0.4 is 14.6 Å². The summed E-state index contributed by atoms with van der Waals surface area (Å²) in [5.74, 6) is 0.733. The number of nitrogens with zero attached hydrogens (tertiary/aromatic N) is 1. The molecule has 0 bridgehead atoms. The van der Waals surface area contributed by atoms with E-state index in [1.807, 2.05) is 53.4 Å². The topological polar surface area (TPSA) is 42.2 Å². The summed E-state index contributed by atoms with van der Waals surface area (Å²) in [4.78, 5) is 12.6. The molecule has 5 heteroatoms. The Morgan fingerprint density at radius 2 is 1.41 bits per heavy atom. The van der Waals surface area contributed by atoms with E-state index in [1.54, 1.807) is 0 Å². The molecule has 1 aromatic carbocycles. The number of carbonyl (C=O) groups is 1. The highest BCUT2D eigenvalue weighted by Gasteiger charge is 2.19. The number of aromatic nitrogens is 1. The van der Waals surface area contributed by atoms with E-state index < -0.39 is 0 Å². The van der Waals surface area contributed by atoms with Crippen molar-refractivity contribution in [2.24, 2.45) is 0 Å². The van der Waals surface area contributed by atoms with Crippen LogP contribution in [0.5, 0.6) is 5.75 Å². The van der Waals surface area contributed by atoms with Gasteiger partial charge in [-0.3, -0.25) is 10.1 Å². The maximum atomic E-state index is 12.6. The number of amides is 1. The molecule has 37 heavy (non-hydrogen) atoms. The van der Waals surface area contributed by atoms with E-state index in [0.29, 0.717) is 11.6 Å². The molecule has 1 unspecified atom stereocenters. The fraction of sp³-hybridized carbons (Fsp3) is 0.625. The molecular weight excluding hydrogens is 480 g/mol. The van der Waals surface area contributed by atoms with Crippen LogP contribution in [0.2, 0.25) is 5.02 Å². The van der Waals surface area contributed by atoms with Gasteiger partial charge in [0, 0.05) is 23.6 Å². The minimum absolute atomic E-state index is 0.0406. The van der Waals surface area contributed by atoms with E-state index in [9.17, 15) is 4.79 Å². The third-order valence-electron chi connectivity index (χ3n) is 6.95. The van der Waals surface area contributed by atoms with Gasteiger partial charge in [0.2, 0.25) is 12.1 Å². The highest BCUT2D eigenvalue weighted by molar-refractivity contribution is 6.31. The Kier molecular flexibility index (Phi) is 16.8. The summed E-state index contributed by atoms with van der Waals surface area (Å²) in [5, 5.41) is 3.67. The van der Waals surface area contributed by atoms with Crippen molar-refractivity contribution in [1.29, 1.82) is 0 Å². The predicted octanol–water partition coefficient (Wildman–Crippen LogP) is 8.76. The van der Waals surface area contributed by atoms with Crippen LogP contribution >= 0.6 is 11.6 Å². The zero-order valence-corrected chi connectivity index (χ0v) is 24.1. The van der Waals surface area contributed by atoms with Crippen LogP contribution in [-0.4, -0.2) is 12.5 Å². The molecule has 0 aliphatic carbocycles. The Bertz CT molecular complexity index is 859. The lowest BCUT2D eigenvalue weighted by atomic mass is 10.0. The number of hydrogen-bond donors (Lipinski definition) is 1. The second-order valence-corrected chi connectivity index (χ2v) is 10.6. The molecule has 2 rings (SSSR count). The molecule has 1 amide bonds. The Morgan fingerprint density at radius 3 is 1.95 bits per heavy atom. The lowest BCUT2D eigenvalue weighted by molar-refractivity contribution is -0.727. The quantitative estimate of drug-likeness (QED) is 0.130. The van der Waals surface area contributed by atoms with Gasteiger partial charge in [0.25, 0.3) is 0 Å². The largest absolute Gasteiger partial charge is 0.494 e. The second-order valence-electron chi connectivity index (χ2n) is 10.2. The summed E-state index contributed by atoms with van der Waals surface area (Å²) in [6.45, 7) is 5.05. The van der Waals surface area contributed by atoms with Gasteiger partial charge in [-0.2, -0.15) is 4.57 Å². The summed E-state index contributed by atoms with van der Waals surface area (Å²) >= 11 is 6.47. The smallest absolute Gasteiger partial charge is 0.233 e. The van der Waals surface area contributed by atoms with E-state index in [0.717, 1.165) is 24.2 Å². The van der Waals surface area contributed by atoms with Gasteiger partial charge >= 0.3 is 0 Å². The number of unbranched alkanes of at least 4 members (excludes halogenated alkanes) is 13. The molecule has 1 heterocycles. The standard InChI is InChI=1S/C32H49ClN2O2/c1-3-5-6-7-8-9-10-11-12-13-14-15-16-20-25-37-29-22-21-28(30(33)27-29)26-32(36)34-31(4-2)35-23-18-17-19-24-35/h17-19,21-24,27,31H,3-16,20,25-26H2,1-2H3/p+1. The normalized spacial score (nSPS) is 11.9. The van der Waals surface area contributed by atoms with Gasteiger partial charge in [-0.1, -0.05) is 121 Å². The summed E-state index contributed by atoms with van der Waals surface area (Å²) in [6, 6.07) is 11.5. The average Bonchev–Trinajstić information content (AvgIpc) is 2.91. The molecule has 1 atom stereocenters. The fourth-order valence-electron chi connectivity index (χ4n) is 4.66. The third-order valence-corrected chi connectivity index (χ3v) is 7.31. The third kappa shape index (κ3) is 13.9. The van der Waals surface area contributed by atoms with Gasteiger partial charge in [-0.05, 0) is 24.1 Å². The average molecular weight is 530 g/mol. The second kappa shape index (κ2) is 20.0. The number of halogens is 1. The molecule has 1 aromatic heterocycles. The monoisotopic (exact) mass is 529 g/mol. The van der Waals surface area contributed by atoms with Crippen LogP contribution in [0.15, 0.2) is 48.8 Å². The van der Waals surface area contributed by atoms with Gasteiger partial charge in [0.15, 0.2) is 12.4 Å². The molecule has 0 aliphatic heterocycles. The highest BCUT2D eigenvalue weighted by Crippen LogP contribution is 2.23. The van der Waals surface area contributed by atoms with Crippen molar-refractivity contribution >= 4 is 17.5 Å². The number of carbonyl (C=O) groups excluding carboxylic acids is 1. The van der Waals surface area contributed by atoms with Crippen LogP contribution in [0.1, 0.15) is 122 Å². The SMILES string of the molecule is CCCCCCCCCCCCCCCCOc1ccc(CC(=O)NC(CC)[n+]2ccccc2)c(Cl)c1.